The van der Waals surface area contributed by atoms with Crippen molar-refractivity contribution in [2.75, 3.05) is 17.2 Å². The van der Waals surface area contributed by atoms with Gasteiger partial charge in [0.05, 0.1) is 39.5 Å². The van der Waals surface area contributed by atoms with Crippen LogP contribution in [0.25, 0.3) is 0 Å². The molecule has 0 saturated heterocycles. The maximum Gasteiger partial charge on any atom is 0.338 e. The van der Waals surface area contributed by atoms with Gasteiger partial charge in [-0.25, -0.2) is 14.6 Å². The summed E-state index contributed by atoms with van der Waals surface area (Å²) < 4.78 is 0. The SMILES string of the molecule is Nc1cccc(N=C2c3ccccc3C(=O)c3c(N)c(C(=O)O)c(C(=O)O)c(N)c32)c1. The normalized spacial score (nSPS) is 13.5. The van der Waals surface area contributed by atoms with Crippen molar-refractivity contribution in [2.24, 2.45) is 4.99 Å². The van der Waals surface area contributed by atoms with Crippen molar-refractivity contribution in [3.8, 4) is 0 Å². The van der Waals surface area contributed by atoms with E-state index in [0.717, 1.165) is 0 Å². The van der Waals surface area contributed by atoms with Crippen molar-refractivity contribution < 1.29 is 24.6 Å². The molecule has 9 heteroatoms. The van der Waals surface area contributed by atoms with Crippen molar-refractivity contribution in [3.63, 3.8) is 0 Å². The quantitative estimate of drug-likeness (QED) is 0.316. The number of anilines is 3. The van der Waals surface area contributed by atoms with Crippen LogP contribution in [-0.4, -0.2) is 33.6 Å². The molecule has 0 saturated carbocycles. The van der Waals surface area contributed by atoms with E-state index in [1.807, 2.05) is 0 Å². The van der Waals surface area contributed by atoms with Gasteiger partial charge in [-0.3, -0.25) is 4.79 Å². The van der Waals surface area contributed by atoms with Gasteiger partial charge in [-0.1, -0.05) is 30.3 Å². The van der Waals surface area contributed by atoms with Gasteiger partial charge in [-0.05, 0) is 18.2 Å². The average molecular weight is 416 g/mol. The zero-order valence-corrected chi connectivity index (χ0v) is 15.9. The lowest BCUT2D eigenvalue weighted by atomic mass is 9.79. The molecule has 0 unspecified atom stereocenters. The molecule has 0 amide bonds. The first-order valence-electron chi connectivity index (χ1n) is 9.02. The molecule has 0 fully saturated rings. The van der Waals surface area contributed by atoms with Gasteiger partial charge >= 0.3 is 11.9 Å². The van der Waals surface area contributed by atoms with Crippen LogP contribution in [0, 0.1) is 0 Å². The number of carbonyl (C=O) groups excluding carboxylic acids is 1. The molecule has 31 heavy (non-hydrogen) atoms. The van der Waals surface area contributed by atoms with Crippen LogP contribution in [0.15, 0.2) is 53.5 Å². The molecule has 3 aromatic carbocycles. The zero-order chi connectivity index (χ0) is 22.4. The maximum atomic E-state index is 13.2. The van der Waals surface area contributed by atoms with Gasteiger partial charge in [0, 0.05) is 22.4 Å². The second-order valence-corrected chi connectivity index (χ2v) is 6.87. The van der Waals surface area contributed by atoms with Crippen LogP contribution in [0.1, 0.15) is 47.8 Å². The van der Waals surface area contributed by atoms with Crippen molar-refractivity contribution in [2.45, 2.75) is 0 Å². The summed E-state index contributed by atoms with van der Waals surface area (Å²) >= 11 is 0. The minimum Gasteiger partial charge on any atom is -0.478 e. The fraction of sp³-hybridized carbons (Fsp3) is 0. The third-order valence-electron chi connectivity index (χ3n) is 5.01. The Morgan fingerprint density at radius 3 is 1.94 bits per heavy atom. The largest absolute Gasteiger partial charge is 0.478 e. The Labute approximate surface area is 175 Å². The van der Waals surface area contributed by atoms with Gasteiger partial charge in [0.1, 0.15) is 0 Å². The van der Waals surface area contributed by atoms with Crippen LogP contribution >= 0.6 is 0 Å². The summed E-state index contributed by atoms with van der Waals surface area (Å²) in [6.45, 7) is 0. The number of benzene rings is 3. The molecular weight excluding hydrogens is 400 g/mol. The number of fused-ring (bicyclic) bond motifs is 2. The number of aromatic carboxylic acids is 2. The summed E-state index contributed by atoms with van der Waals surface area (Å²) in [5, 5.41) is 19.2. The number of nitrogen functional groups attached to an aromatic ring is 3. The van der Waals surface area contributed by atoms with Gasteiger partial charge in [-0.15, -0.1) is 0 Å². The fourth-order valence-corrected chi connectivity index (χ4v) is 3.71. The highest BCUT2D eigenvalue weighted by atomic mass is 16.4. The number of carboxylic acid groups (broad SMARTS) is 2. The number of hydrogen-bond acceptors (Lipinski definition) is 7. The third kappa shape index (κ3) is 2.96. The third-order valence-corrected chi connectivity index (χ3v) is 5.01. The number of carbonyl (C=O) groups is 3. The average Bonchev–Trinajstić information content (AvgIpc) is 2.72. The van der Waals surface area contributed by atoms with E-state index < -0.39 is 40.2 Å². The predicted octanol–water partition coefficient (Wildman–Crippen LogP) is 2.54. The highest BCUT2D eigenvalue weighted by Crippen LogP contribution is 2.40. The Balaban J connectivity index is 2.18. The summed E-state index contributed by atoms with van der Waals surface area (Å²) in [4.78, 5) is 41.5. The van der Waals surface area contributed by atoms with E-state index >= 15 is 0 Å². The standard InChI is InChI=1S/C22H16N4O5/c23-9-4-3-5-10(8-9)26-19-11-6-1-2-7-12(11)20(27)14-13(19)17(24)15(21(28)29)16(18(14)25)22(30)31/h1-8H,23-25H2,(H,28,29)(H,30,31). The maximum absolute atomic E-state index is 13.2. The molecule has 4 rings (SSSR count). The monoisotopic (exact) mass is 416 g/mol. The molecule has 0 spiro atoms. The minimum absolute atomic E-state index is 0.0222. The number of rotatable bonds is 3. The lowest BCUT2D eigenvalue weighted by Crippen LogP contribution is -2.28. The lowest BCUT2D eigenvalue weighted by molar-refractivity contribution is 0.0653. The highest BCUT2D eigenvalue weighted by molar-refractivity contribution is 6.35. The molecule has 9 nitrogen and oxygen atoms in total. The Bertz CT molecular complexity index is 1340. The molecule has 0 aromatic heterocycles. The van der Waals surface area contributed by atoms with E-state index in [1.54, 1.807) is 48.5 Å². The Morgan fingerprint density at radius 2 is 1.35 bits per heavy atom. The molecule has 0 heterocycles. The fourth-order valence-electron chi connectivity index (χ4n) is 3.71. The molecule has 1 aliphatic rings. The van der Waals surface area contributed by atoms with E-state index in [2.05, 4.69) is 4.99 Å². The van der Waals surface area contributed by atoms with Gasteiger partial charge in [0.25, 0.3) is 0 Å². The number of carboxylic acids is 2. The molecule has 154 valence electrons. The first kappa shape index (κ1) is 19.6. The van der Waals surface area contributed by atoms with Crippen LogP contribution in [0.3, 0.4) is 0 Å². The molecule has 1 aliphatic carbocycles. The molecular formula is C22H16N4O5. The summed E-state index contributed by atoms with van der Waals surface area (Å²) in [5.74, 6) is -3.76. The van der Waals surface area contributed by atoms with Crippen molar-refractivity contribution in [3.05, 3.63) is 81.9 Å². The highest BCUT2D eigenvalue weighted by Gasteiger charge is 2.37. The number of hydrogen-bond donors (Lipinski definition) is 5. The van der Waals surface area contributed by atoms with Gasteiger partial charge in [-0.2, -0.15) is 0 Å². The first-order valence-corrected chi connectivity index (χ1v) is 9.02. The number of nitrogens with zero attached hydrogens (tertiary/aromatic N) is 1. The number of nitrogens with two attached hydrogens (primary N) is 3. The van der Waals surface area contributed by atoms with Crippen LogP contribution in [0.4, 0.5) is 22.7 Å². The number of ketones is 1. The van der Waals surface area contributed by atoms with Gasteiger partial charge in [0.2, 0.25) is 0 Å². The second-order valence-electron chi connectivity index (χ2n) is 6.87. The number of aliphatic imine (C=N–C) groups is 1. The molecule has 0 radical (unpaired) electrons. The van der Waals surface area contributed by atoms with Crippen molar-refractivity contribution >= 4 is 46.2 Å². The topological polar surface area (TPSA) is 182 Å². The molecule has 3 aromatic rings. The molecule has 0 atom stereocenters. The summed E-state index contributed by atoms with van der Waals surface area (Å²) in [7, 11) is 0. The molecule has 0 aliphatic heterocycles. The van der Waals surface area contributed by atoms with Gasteiger partial charge < -0.3 is 27.4 Å². The first-order chi connectivity index (χ1) is 14.7. The second kappa shape index (κ2) is 6.99. The minimum atomic E-state index is -1.61. The zero-order valence-electron chi connectivity index (χ0n) is 15.9. The van der Waals surface area contributed by atoms with Crippen LogP contribution in [0.2, 0.25) is 0 Å². The Kier molecular flexibility index (Phi) is 4.43. The van der Waals surface area contributed by atoms with Crippen LogP contribution < -0.4 is 17.2 Å². The summed E-state index contributed by atoms with van der Waals surface area (Å²) in [5.41, 5.74) is 17.2. The smallest absolute Gasteiger partial charge is 0.338 e. The van der Waals surface area contributed by atoms with E-state index in [1.165, 1.54) is 0 Å². The van der Waals surface area contributed by atoms with Crippen LogP contribution in [-0.2, 0) is 0 Å². The molecule has 0 bridgehead atoms. The van der Waals surface area contributed by atoms with E-state index in [4.69, 9.17) is 17.2 Å². The Morgan fingerprint density at radius 1 is 0.774 bits per heavy atom. The molecule has 8 N–H and O–H groups in total. The Hall–Kier alpha value is -4.66. The van der Waals surface area contributed by atoms with E-state index in [-0.39, 0.29) is 22.4 Å². The predicted molar refractivity (Wildman–Crippen MR) is 115 cm³/mol. The van der Waals surface area contributed by atoms with Gasteiger partial charge in [0.15, 0.2) is 5.78 Å². The van der Waals surface area contributed by atoms with Crippen molar-refractivity contribution in [1.29, 1.82) is 0 Å². The lowest BCUT2D eigenvalue weighted by Gasteiger charge is -2.25. The van der Waals surface area contributed by atoms with E-state index in [0.29, 0.717) is 16.9 Å². The summed E-state index contributed by atoms with van der Waals surface area (Å²) in [6, 6.07) is 13.1. The summed E-state index contributed by atoms with van der Waals surface area (Å²) in [6.07, 6.45) is 0. The van der Waals surface area contributed by atoms with Crippen molar-refractivity contribution in [1.82, 2.24) is 0 Å². The van der Waals surface area contributed by atoms with Crippen LogP contribution in [0.5, 0.6) is 0 Å². The van der Waals surface area contributed by atoms with E-state index in [9.17, 15) is 24.6 Å².